The fourth-order valence-electron chi connectivity index (χ4n) is 2.81. The molecule has 1 N–H and O–H groups in total. The summed E-state index contributed by atoms with van der Waals surface area (Å²) in [6.45, 7) is 0. The van der Waals surface area contributed by atoms with Crippen LogP contribution in [0.3, 0.4) is 0 Å². The van der Waals surface area contributed by atoms with Crippen molar-refractivity contribution in [2.75, 3.05) is 11.5 Å². The van der Waals surface area contributed by atoms with Crippen molar-refractivity contribution in [3.05, 3.63) is 47.5 Å². The van der Waals surface area contributed by atoms with Gasteiger partial charge in [-0.3, -0.25) is 14.3 Å². The van der Waals surface area contributed by atoms with Crippen LogP contribution in [0.1, 0.15) is 15.9 Å². The summed E-state index contributed by atoms with van der Waals surface area (Å²) in [5, 5.41) is 8.19. The first-order chi connectivity index (χ1) is 9.68. The summed E-state index contributed by atoms with van der Waals surface area (Å²) < 4.78 is 1.44. The zero-order chi connectivity index (χ0) is 13.9. The Bertz CT molecular complexity index is 867. The smallest absolute Gasteiger partial charge is 0.196 e. The third-order valence-electron chi connectivity index (χ3n) is 3.69. The number of halogens is 1. The molecule has 1 heterocycles. The summed E-state index contributed by atoms with van der Waals surface area (Å²) in [6, 6.07) is 11.2. The van der Waals surface area contributed by atoms with E-state index < -0.39 is 0 Å². The Morgan fingerprint density at radius 2 is 1.90 bits per heavy atom. The van der Waals surface area contributed by atoms with E-state index in [-0.39, 0.29) is 5.78 Å². The number of nitrogens with zero attached hydrogens (tertiary/aromatic N) is 2. The highest BCUT2D eigenvalue weighted by Gasteiger charge is 2.30. The number of hydrogen-bond acceptors (Lipinski definition) is 3. The molecular weight excluding hydrogens is 274 g/mol. The second-order valence-electron chi connectivity index (χ2n) is 4.81. The minimum atomic E-state index is -0.0115. The molecule has 0 aliphatic heterocycles. The van der Waals surface area contributed by atoms with Gasteiger partial charge in [0.1, 0.15) is 5.69 Å². The second-order valence-corrected chi connectivity index (χ2v) is 5.31. The zero-order valence-electron chi connectivity index (χ0n) is 10.6. The topological polar surface area (TPSA) is 49.0 Å². The average Bonchev–Trinajstić information content (AvgIpc) is 2.89. The van der Waals surface area contributed by atoms with Crippen LogP contribution >= 0.6 is 11.8 Å². The molecule has 0 atom stereocenters. The number of nitrogens with one attached hydrogen (secondary N) is 1. The maximum Gasteiger partial charge on any atom is 0.196 e. The number of fused-ring (bicyclic) bond motifs is 2. The molecule has 0 bridgehead atoms. The molecule has 4 nitrogen and oxygen atoms in total. The molecule has 4 rings (SSSR count). The molecule has 20 heavy (non-hydrogen) atoms. The lowest BCUT2D eigenvalue weighted by Gasteiger charge is -2.20. The number of rotatable bonds is 1. The van der Waals surface area contributed by atoms with Crippen LogP contribution < -0.4 is 4.42 Å². The minimum absolute atomic E-state index is 0.0115. The van der Waals surface area contributed by atoms with Crippen LogP contribution in [0.4, 0.5) is 5.69 Å². The van der Waals surface area contributed by atoms with Gasteiger partial charge in [-0.2, -0.15) is 5.10 Å². The highest BCUT2D eigenvalue weighted by molar-refractivity contribution is 6.32. The maximum atomic E-state index is 12.8. The number of carbonyl (C=O) groups excluding carboxylic acids is 1. The standard InChI is InChI=1S/C15H10ClN3O/c1-19(16)11-7-6-10-12-13(11)15(20)9-5-3-2-4-8(9)14(12)18-17-10/h2-7H,1H3,(H,17,18). The lowest BCUT2D eigenvalue weighted by molar-refractivity contribution is 0.104. The summed E-state index contributed by atoms with van der Waals surface area (Å²) in [5.41, 5.74) is 4.50. The molecule has 98 valence electrons. The number of benzene rings is 2. The number of anilines is 1. The van der Waals surface area contributed by atoms with Crippen LogP contribution in [0, 0.1) is 0 Å². The van der Waals surface area contributed by atoms with Crippen LogP contribution in [-0.4, -0.2) is 23.0 Å². The van der Waals surface area contributed by atoms with Crippen LogP contribution in [0.25, 0.3) is 22.2 Å². The summed E-state index contributed by atoms with van der Waals surface area (Å²) in [4.78, 5) is 12.8. The Hall–Kier alpha value is -2.33. The Morgan fingerprint density at radius 1 is 1.15 bits per heavy atom. The van der Waals surface area contributed by atoms with E-state index in [1.807, 2.05) is 36.4 Å². The normalized spacial score (nSPS) is 12.6. The maximum absolute atomic E-state index is 12.8. The third kappa shape index (κ3) is 1.31. The van der Waals surface area contributed by atoms with E-state index in [1.165, 1.54) is 4.42 Å². The van der Waals surface area contributed by atoms with Gasteiger partial charge >= 0.3 is 0 Å². The van der Waals surface area contributed by atoms with Gasteiger partial charge in [-0.15, -0.1) is 0 Å². The Labute approximate surface area is 120 Å². The van der Waals surface area contributed by atoms with Gasteiger partial charge in [-0.05, 0) is 12.1 Å². The van der Waals surface area contributed by atoms with Crippen molar-refractivity contribution >= 4 is 34.2 Å². The molecule has 0 saturated carbocycles. The highest BCUT2D eigenvalue weighted by atomic mass is 35.5. The number of carbonyl (C=O) groups is 1. The quantitative estimate of drug-likeness (QED) is 0.545. The molecular formula is C15H10ClN3O. The van der Waals surface area contributed by atoms with E-state index in [9.17, 15) is 4.79 Å². The largest absolute Gasteiger partial charge is 0.288 e. The van der Waals surface area contributed by atoms with Gasteiger partial charge in [0, 0.05) is 35.3 Å². The summed E-state index contributed by atoms with van der Waals surface area (Å²) in [5.74, 6) is -0.0115. The first-order valence-electron chi connectivity index (χ1n) is 6.23. The number of hydrogen-bond donors (Lipinski definition) is 1. The van der Waals surface area contributed by atoms with Gasteiger partial charge < -0.3 is 0 Å². The van der Waals surface area contributed by atoms with Crippen molar-refractivity contribution in [1.82, 2.24) is 10.2 Å². The van der Waals surface area contributed by atoms with Crippen LogP contribution in [-0.2, 0) is 0 Å². The fourth-order valence-corrected chi connectivity index (χ4v) is 2.95. The van der Waals surface area contributed by atoms with Gasteiger partial charge in [0.15, 0.2) is 5.78 Å². The van der Waals surface area contributed by atoms with Gasteiger partial charge in [0.2, 0.25) is 0 Å². The van der Waals surface area contributed by atoms with Gasteiger partial charge in [-0.25, -0.2) is 0 Å². The molecule has 2 aromatic carbocycles. The first-order valence-corrected chi connectivity index (χ1v) is 6.57. The molecule has 1 aromatic heterocycles. The van der Waals surface area contributed by atoms with E-state index in [2.05, 4.69) is 10.2 Å². The molecule has 0 amide bonds. The van der Waals surface area contributed by atoms with E-state index in [4.69, 9.17) is 11.8 Å². The SMILES string of the molecule is CN(Cl)c1ccc2[nH]nc3c2c1C(=O)c1ccccc1-3. The molecule has 0 spiro atoms. The zero-order valence-corrected chi connectivity index (χ0v) is 11.4. The van der Waals surface area contributed by atoms with Crippen molar-refractivity contribution in [3.8, 4) is 11.3 Å². The molecule has 0 radical (unpaired) electrons. The summed E-state index contributed by atoms with van der Waals surface area (Å²) >= 11 is 6.07. The van der Waals surface area contributed by atoms with E-state index in [1.54, 1.807) is 7.05 Å². The van der Waals surface area contributed by atoms with Crippen LogP contribution in [0.2, 0.25) is 0 Å². The fraction of sp³-hybridized carbons (Fsp3) is 0.0667. The molecule has 3 aromatic rings. The van der Waals surface area contributed by atoms with Crippen molar-refractivity contribution in [2.24, 2.45) is 0 Å². The Kier molecular flexibility index (Phi) is 2.20. The molecule has 1 aliphatic rings. The molecule has 5 heteroatoms. The molecule has 0 saturated heterocycles. The molecule has 0 unspecified atom stereocenters. The highest BCUT2D eigenvalue weighted by Crippen LogP contribution is 2.41. The summed E-state index contributed by atoms with van der Waals surface area (Å²) in [7, 11) is 1.72. The first kappa shape index (κ1) is 11.5. The van der Waals surface area contributed by atoms with E-state index in [0.29, 0.717) is 16.8 Å². The van der Waals surface area contributed by atoms with E-state index >= 15 is 0 Å². The van der Waals surface area contributed by atoms with Gasteiger partial charge in [0.05, 0.1) is 16.8 Å². The Balaban J connectivity index is 2.21. The average molecular weight is 284 g/mol. The lowest BCUT2D eigenvalue weighted by Crippen LogP contribution is -2.14. The monoisotopic (exact) mass is 283 g/mol. The predicted octanol–water partition coefficient (Wildman–Crippen LogP) is 3.36. The Morgan fingerprint density at radius 3 is 2.65 bits per heavy atom. The molecule has 1 aliphatic carbocycles. The van der Waals surface area contributed by atoms with Gasteiger partial charge in [0.25, 0.3) is 0 Å². The van der Waals surface area contributed by atoms with E-state index in [0.717, 1.165) is 22.2 Å². The number of aromatic nitrogens is 2. The second kappa shape index (κ2) is 3.84. The van der Waals surface area contributed by atoms with Crippen molar-refractivity contribution < 1.29 is 4.79 Å². The van der Waals surface area contributed by atoms with Crippen LogP contribution in [0.5, 0.6) is 0 Å². The lowest BCUT2D eigenvalue weighted by atomic mass is 9.86. The predicted molar refractivity (Wildman–Crippen MR) is 79.2 cm³/mol. The van der Waals surface area contributed by atoms with Crippen molar-refractivity contribution in [2.45, 2.75) is 0 Å². The third-order valence-corrected chi connectivity index (χ3v) is 3.88. The summed E-state index contributed by atoms with van der Waals surface area (Å²) in [6.07, 6.45) is 0. The molecule has 0 fully saturated rings. The minimum Gasteiger partial charge on any atom is -0.288 e. The van der Waals surface area contributed by atoms with Crippen LogP contribution in [0.15, 0.2) is 36.4 Å². The van der Waals surface area contributed by atoms with Crippen molar-refractivity contribution in [3.63, 3.8) is 0 Å². The number of H-pyrrole nitrogens is 1. The number of aromatic amines is 1. The van der Waals surface area contributed by atoms with Crippen molar-refractivity contribution in [1.29, 1.82) is 0 Å². The van der Waals surface area contributed by atoms with Gasteiger partial charge in [-0.1, -0.05) is 24.3 Å². The number of ketones is 1.